The van der Waals surface area contributed by atoms with E-state index in [0.717, 1.165) is 0 Å². The fourth-order valence-electron chi connectivity index (χ4n) is 0.867. The number of benzene rings is 1. The first-order chi connectivity index (χ1) is 7.06. The Morgan fingerprint density at radius 1 is 1.27 bits per heavy atom. The summed E-state index contributed by atoms with van der Waals surface area (Å²) < 4.78 is 31.3. The van der Waals surface area contributed by atoms with Crippen LogP contribution in [0.4, 0.5) is 4.79 Å². The van der Waals surface area contributed by atoms with Crippen LogP contribution in [0, 0.1) is 0 Å². The Morgan fingerprint density at radius 2 is 1.87 bits per heavy atom. The molecule has 0 aliphatic carbocycles. The summed E-state index contributed by atoms with van der Waals surface area (Å²) in [5.41, 5.74) is 0. The molecule has 5 nitrogen and oxygen atoms in total. The van der Waals surface area contributed by atoms with Crippen LogP contribution < -0.4 is 0 Å². The van der Waals surface area contributed by atoms with Crippen molar-refractivity contribution in [3.8, 4) is 0 Å². The average Bonchev–Trinajstić information content (AvgIpc) is 2.18. The third-order valence-corrected chi connectivity index (χ3v) is 2.68. The van der Waals surface area contributed by atoms with Crippen molar-refractivity contribution in [1.29, 1.82) is 0 Å². The zero-order valence-corrected chi connectivity index (χ0v) is 8.86. The molecule has 82 valence electrons. The van der Waals surface area contributed by atoms with Gasteiger partial charge in [-0.2, -0.15) is 8.42 Å². The molecule has 0 unspecified atom stereocenters. The van der Waals surface area contributed by atoms with Crippen LogP contribution in [0.1, 0.15) is 6.92 Å². The highest BCUT2D eigenvalue weighted by Crippen LogP contribution is 2.11. The molecule has 0 radical (unpaired) electrons. The summed E-state index contributed by atoms with van der Waals surface area (Å²) in [6.07, 6.45) is -1.22. The number of carbonyl (C=O) groups excluding carboxylic acids is 1. The van der Waals surface area contributed by atoms with Gasteiger partial charge in [0, 0.05) is 0 Å². The zero-order chi connectivity index (χ0) is 11.3. The molecule has 0 aliphatic rings. The Labute approximate surface area is 87.7 Å². The van der Waals surface area contributed by atoms with Crippen molar-refractivity contribution in [3.05, 3.63) is 30.3 Å². The van der Waals surface area contributed by atoms with Crippen LogP contribution in [0.15, 0.2) is 35.2 Å². The first-order valence-electron chi connectivity index (χ1n) is 4.22. The lowest BCUT2D eigenvalue weighted by atomic mass is 10.4. The largest absolute Gasteiger partial charge is 0.524 e. The van der Waals surface area contributed by atoms with Crippen LogP contribution in [-0.4, -0.2) is 21.2 Å². The summed E-state index contributed by atoms with van der Waals surface area (Å²) >= 11 is 0. The van der Waals surface area contributed by atoms with Gasteiger partial charge in [-0.3, -0.25) is 0 Å². The smallest absolute Gasteiger partial charge is 0.434 e. The lowest BCUT2D eigenvalue weighted by molar-refractivity contribution is 0.106. The molecule has 1 aromatic carbocycles. The highest BCUT2D eigenvalue weighted by molar-refractivity contribution is 7.87. The van der Waals surface area contributed by atoms with Gasteiger partial charge in [-0.15, -0.1) is 0 Å². The van der Waals surface area contributed by atoms with Gasteiger partial charge < -0.3 is 8.92 Å². The summed E-state index contributed by atoms with van der Waals surface area (Å²) in [4.78, 5) is 10.7. The molecule has 0 saturated heterocycles. The Bertz CT molecular complexity index is 423. The minimum absolute atomic E-state index is 0.0587. The molecular weight excluding hydrogens is 220 g/mol. The van der Waals surface area contributed by atoms with Crippen molar-refractivity contribution in [1.82, 2.24) is 0 Å². The van der Waals surface area contributed by atoms with E-state index in [1.807, 2.05) is 0 Å². The van der Waals surface area contributed by atoms with Gasteiger partial charge in [0.25, 0.3) is 0 Å². The van der Waals surface area contributed by atoms with Crippen LogP contribution >= 0.6 is 0 Å². The number of rotatable bonds is 3. The van der Waals surface area contributed by atoms with E-state index in [4.69, 9.17) is 0 Å². The number of hydrogen-bond donors (Lipinski definition) is 0. The quantitative estimate of drug-likeness (QED) is 0.582. The SMILES string of the molecule is CCOC(=O)OS(=O)(=O)c1ccccc1. The predicted molar refractivity (Wildman–Crippen MR) is 51.7 cm³/mol. The lowest BCUT2D eigenvalue weighted by Crippen LogP contribution is -2.14. The first kappa shape index (κ1) is 11.5. The molecule has 6 heteroatoms. The van der Waals surface area contributed by atoms with E-state index in [1.54, 1.807) is 13.0 Å². The molecule has 1 rings (SSSR count). The standard InChI is InChI=1S/C9H10O5S/c1-2-13-9(10)14-15(11,12)8-6-4-3-5-7-8/h3-7H,2H2,1H3. The van der Waals surface area contributed by atoms with Crippen LogP contribution in [0.2, 0.25) is 0 Å². The lowest BCUT2D eigenvalue weighted by Gasteiger charge is -2.04. The third-order valence-electron chi connectivity index (χ3n) is 1.47. The Balaban J connectivity index is 2.81. The van der Waals surface area contributed by atoms with E-state index in [-0.39, 0.29) is 11.5 Å². The van der Waals surface area contributed by atoms with E-state index in [0.29, 0.717) is 0 Å². The van der Waals surface area contributed by atoms with Gasteiger partial charge in [0.1, 0.15) is 4.90 Å². The monoisotopic (exact) mass is 230 g/mol. The molecule has 15 heavy (non-hydrogen) atoms. The molecule has 0 bridgehead atoms. The predicted octanol–water partition coefficient (Wildman–Crippen LogP) is 1.55. The molecule has 0 atom stereocenters. The van der Waals surface area contributed by atoms with Gasteiger partial charge in [-0.05, 0) is 19.1 Å². The number of hydrogen-bond acceptors (Lipinski definition) is 5. The van der Waals surface area contributed by atoms with E-state index >= 15 is 0 Å². The van der Waals surface area contributed by atoms with Crippen LogP contribution in [0.25, 0.3) is 0 Å². The summed E-state index contributed by atoms with van der Waals surface area (Å²) in [6.45, 7) is 1.61. The van der Waals surface area contributed by atoms with Crippen LogP contribution in [-0.2, 0) is 19.0 Å². The fraction of sp³-hybridized carbons (Fsp3) is 0.222. The van der Waals surface area contributed by atoms with E-state index in [1.165, 1.54) is 24.3 Å². The van der Waals surface area contributed by atoms with Crippen molar-refractivity contribution in [3.63, 3.8) is 0 Å². The molecule has 0 heterocycles. The average molecular weight is 230 g/mol. The van der Waals surface area contributed by atoms with Crippen molar-refractivity contribution in [2.45, 2.75) is 11.8 Å². The van der Waals surface area contributed by atoms with Gasteiger partial charge >= 0.3 is 16.3 Å². The van der Waals surface area contributed by atoms with Crippen molar-refractivity contribution < 1.29 is 22.1 Å². The van der Waals surface area contributed by atoms with Gasteiger partial charge in [-0.25, -0.2) is 4.79 Å². The number of ether oxygens (including phenoxy) is 1. The van der Waals surface area contributed by atoms with Crippen molar-refractivity contribution in [2.75, 3.05) is 6.61 Å². The summed E-state index contributed by atoms with van der Waals surface area (Å²) in [6, 6.07) is 7.37. The van der Waals surface area contributed by atoms with Gasteiger partial charge in [-0.1, -0.05) is 18.2 Å². The molecule has 0 N–H and O–H groups in total. The minimum atomic E-state index is -4.06. The summed E-state index contributed by atoms with van der Waals surface area (Å²) in [5, 5.41) is 0. The Morgan fingerprint density at radius 3 is 2.40 bits per heavy atom. The molecule has 1 aromatic rings. The van der Waals surface area contributed by atoms with Gasteiger partial charge in [0.2, 0.25) is 0 Å². The van der Waals surface area contributed by atoms with Crippen LogP contribution in [0.3, 0.4) is 0 Å². The highest BCUT2D eigenvalue weighted by Gasteiger charge is 2.20. The second-order valence-corrected chi connectivity index (χ2v) is 4.08. The van der Waals surface area contributed by atoms with Crippen molar-refractivity contribution in [2.24, 2.45) is 0 Å². The van der Waals surface area contributed by atoms with E-state index < -0.39 is 16.3 Å². The molecule has 0 spiro atoms. The van der Waals surface area contributed by atoms with E-state index in [2.05, 4.69) is 8.92 Å². The second-order valence-electron chi connectivity index (χ2n) is 2.53. The van der Waals surface area contributed by atoms with Gasteiger partial charge in [0.05, 0.1) is 6.61 Å². The Hall–Kier alpha value is -1.56. The first-order valence-corrected chi connectivity index (χ1v) is 5.63. The summed E-state index contributed by atoms with van der Waals surface area (Å²) in [5.74, 6) is 0. The Kier molecular flexibility index (Phi) is 3.68. The van der Waals surface area contributed by atoms with Crippen molar-refractivity contribution >= 4 is 16.3 Å². The van der Waals surface area contributed by atoms with Gasteiger partial charge in [0.15, 0.2) is 0 Å². The number of carbonyl (C=O) groups is 1. The minimum Gasteiger partial charge on any atom is -0.434 e. The molecule has 0 amide bonds. The molecule has 0 fully saturated rings. The molecule has 0 saturated carbocycles. The third kappa shape index (κ3) is 3.25. The maximum absolute atomic E-state index is 11.4. The zero-order valence-electron chi connectivity index (χ0n) is 8.04. The molecule has 0 aromatic heterocycles. The highest BCUT2D eigenvalue weighted by atomic mass is 32.2. The topological polar surface area (TPSA) is 69.7 Å². The van der Waals surface area contributed by atoms with E-state index in [9.17, 15) is 13.2 Å². The molecular formula is C9H10O5S. The van der Waals surface area contributed by atoms with Crippen LogP contribution in [0.5, 0.6) is 0 Å². The second kappa shape index (κ2) is 4.79. The maximum Gasteiger partial charge on any atom is 0.524 e. The summed E-state index contributed by atoms with van der Waals surface area (Å²) in [7, 11) is -4.06. The normalized spacial score (nSPS) is 10.7. The fourth-order valence-corrected chi connectivity index (χ4v) is 1.68. The maximum atomic E-state index is 11.4. The molecule has 0 aliphatic heterocycles.